The summed E-state index contributed by atoms with van der Waals surface area (Å²) in [6.45, 7) is 10.5. The van der Waals surface area contributed by atoms with Gasteiger partial charge < -0.3 is 0 Å². The summed E-state index contributed by atoms with van der Waals surface area (Å²) in [6, 6.07) is 3.88. The molecule has 0 fully saturated rings. The molecule has 0 radical (unpaired) electrons. The fourth-order valence-corrected chi connectivity index (χ4v) is 13.4. The number of halogens is 1. The smallest absolute Gasteiger partial charge is 0.146 e. The normalized spacial score (nSPS) is 13.6. The third-order valence-corrected chi connectivity index (χ3v) is 26.3. The molecule has 0 aromatic heterocycles. The molecular weight excluding hydrogens is 188 g/mol. The monoisotopic (exact) mass is 208 g/mol. The van der Waals surface area contributed by atoms with Gasteiger partial charge in [-0.05, 0) is 12.1 Å². The van der Waals surface area contributed by atoms with Gasteiger partial charge in [-0.1, -0.05) is 39.9 Å². The maximum absolute atomic E-state index is 6.70. The highest BCUT2D eigenvalue weighted by Gasteiger charge is 2.43. The molecule has 0 aliphatic heterocycles. The molecule has 0 saturated carbocycles. The van der Waals surface area contributed by atoms with Crippen molar-refractivity contribution in [3.63, 3.8) is 0 Å². The summed E-state index contributed by atoms with van der Waals surface area (Å²) in [5, 5.41) is 0. The highest BCUT2D eigenvalue weighted by Crippen LogP contribution is 2.33. The van der Waals surface area contributed by atoms with Gasteiger partial charge in [0.05, 0.1) is 7.59 Å². The molecule has 0 saturated heterocycles. The molecule has 3 heteroatoms. The van der Waals surface area contributed by atoms with Crippen molar-refractivity contribution < 1.29 is 0 Å². The molecule has 0 unspecified atom stereocenters. The Hall–Kier alpha value is 0.724. The minimum absolute atomic E-state index is 1.03. The van der Waals surface area contributed by atoms with Gasteiger partial charge in [0.25, 0.3) is 0 Å². The van der Waals surface area contributed by atoms with E-state index < -0.39 is 14.5 Å². The molecule has 0 amide bonds. The lowest BCUT2D eigenvalue weighted by Gasteiger charge is -2.36. The second-order valence-corrected chi connectivity index (χ2v) is 21.8. The molecule has 0 rings (SSSR count). The first-order valence-corrected chi connectivity index (χ1v) is 12.3. The fraction of sp³-hybridized carbons (Fsp3) is 1.00. The van der Waals surface area contributed by atoms with Crippen molar-refractivity contribution in [1.29, 1.82) is 0 Å². The lowest BCUT2D eigenvalue weighted by molar-refractivity contribution is 1.29. The Kier molecular flexibility index (Phi) is 4.37. The molecule has 0 heterocycles. The lowest BCUT2D eigenvalue weighted by Crippen LogP contribution is -2.53. The van der Waals surface area contributed by atoms with Crippen LogP contribution in [0.3, 0.4) is 0 Å². The zero-order valence-corrected chi connectivity index (χ0v) is 11.3. The zero-order valence-electron chi connectivity index (χ0n) is 8.50. The van der Waals surface area contributed by atoms with Crippen molar-refractivity contribution in [2.75, 3.05) is 0 Å². The Morgan fingerprint density at radius 3 is 1.36 bits per heavy atom. The van der Waals surface area contributed by atoms with E-state index in [0.717, 1.165) is 0 Å². The summed E-state index contributed by atoms with van der Waals surface area (Å²) in [7, 11) is -1.03. The average Bonchev–Trinajstić information content (AvgIpc) is 2.02. The molecule has 0 aliphatic carbocycles. The summed E-state index contributed by atoms with van der Waals surface area (Å²) in [5.41, 5.74) is 0. The van der Waals surface area contributed by atoms with E-state index in [1.54, 1.807) is 0 Å². The Labute approximate surface area is 77.9 Å². The Morgan fingerprint density at radius 2 is 1.27 bits per heavy atom. The summed E-state index contributed by atoms with van der Waals surface area (Å²) < 4.78 is 0. The molecular formula is C8H21ClSi2. The Bertz CT molecular complexity index is 119. The van der Waals surface area contributed by atoms with Gasteiger partial charge in [0, 0.05) is 0 Å². The second-order valence-electron chi connectivity index (χ2n) is 3.91. The Balaban J connectivity index is 4.47. The van der Waals surface area contributed by atoms with Gasteiger partial charge in [-0.25, -0.2) is 0 Å². The van der Waals surface area contributed by atoms with Crippen LogP contribution in [0.5, 0.6) is 0 Å². The van der Waals surface area contributed by atoms with Gasteiger partial charge in [0.1, 0.15) is 6.90 Å². The van der Waals surface area contributed by atoms with Crippen LogP contribution in [0.25, 0.3) is 0 Å². The zero-order chi connectivity index (χ0) is 9.12. The molecule has 0 aromatic rings. The quantitative estimate of drug-likeness (QED) is 0.484. The molecule has 0 bridgehead atoms. The van der Waals surface area contributed by atoms with Crippen LogP contribution in [-0.4, -0.2) is 14.5 Å². The van der Waals surface area contributed by atoms with E-state index in [1.165, 1.54) is 18.1 Å². The molecule has 0 atom stereocenters. The van der Waals surface area contributed by atoms with Gasteiger partial charge in [-0.15, -0.1) is 0 Å². The molecule has 0 nitrogen and oxygen atoms in total. The average molecular weight is 209 g/mol. The van der Waals surface area contributed by atoms with Crippen molar-refractivity contribution in [2.45, 2.75) is 52.0 Å². The molecule has 0 aromatic carbocycles. The fourth-order valence-electron chi connectivity index (χ4n) is 1.52. The molecule has 68 valence electrons. The topological polar surface area (TPSA) is 0 Å². The molecule has 0 spiro atoms. The van der Waals surface area contributed by atoms with Crippen LogP contribution in [0.4, 0.5) is 0 Å². The van der Waals surface area contributed by atoms with Crippen molar-refractivity contribution in [3.05, 3.63) is 0 Å². The van der Waals surface area contributed by atoms with Crippen LogP contribution in [0.1, 0.15) is 20.8 Å². The number of hydrogen-bond donors (Lipinski definition) is 0. The SMILES string of the molecule is CC[Si](C)(C)[Si](Cl)(CC)CC. The van der Waals surface area contributed by atoms with Crippen molar-refractivity contribution in [3.8, 4) is 0 Å². The van der Waals surface area contributed by atoms with E-state index in [2.05, 4.69) is 33.9 Å². The van der Waals surface area contributed by atoms with Crippen molar-refractivity contribution in [1.82, 2.24) is 0 Å². The highest BCUT2D eigenvalue weighted by molar-refractivity contribution is 7.59. The van der Waals surface area contributed by atoms with Gasteiger partial charge in [0.2, 0.25) is 0 Å². The van der Waals surface area contributed by atoms with E-state index in [-0.39, 0.29) is 0 Å². The van der Waals surface area contributed by atoms with E-state index in [4.69, 9.17) is 11.1 Å². The first-order chi connectivity index (χ1) is 4.93. The van der Waals surface area contributed by atoms with Crippen LogP contribution >= 0.6 is 11.1 Å². The summed E-state index contributed by atoms with van der Waals surface area (Å²) in [6.07, 6.45) is 0. The van der Waals surface area contributed by atoms with Gasteiger partial charge >= 0.3 is 0 Å². The first-order valence-electron chi connectivity index (χ1n) is 4.62. The minimum atomic E-state index is -1.31. The van der Waals surface area contributed by atoms with E-state index >= 15 is 0 Å². The summed E-state index contributed by atoms with van der Waals surface area (Å²) in [4.78, 5) is 0. The first kappa shape index (κ1) is 11.7. The summed E-state index contributed by atoms with van der Waals surface area (Å²) in [5.74, 6) is 0. The van der Waals surface area contributed by atoms with Crippen molar-refractivity contribution in [2.24, 2.45) is 0 Å². The number of hydrogen-bond acceptors (Lipinski definition) is 0. The van der Waals surface area contributed by atoms with Crippen LogP contribution in [0.15, 0.2) is 0 Å². The maximum Gasteiger partial charge on any atom is 0.146 e. The van der Waals surface area contributed by atoms with Gasteiger partial charge in [-0.2, -0.15) is 11.1 Å². The van der Waals surface area contributed by atoms with E-state index in [1.807, 2.05) is 0 Å². The van der Waals surface area contributed by atoms with E-state index in [9.17, 15) is 0 Å². The largest absolute Gasteiger partial charge is 0.171 e. The third kappa shape index (κ3) is 2.33. The van der Waals surface area contributed by atoms with E-state index in [0.29, 0.717) is 0 Å². The van der Waals surface area contributed by atoms with Crippen molar-refractivity contribution >= 4 is 25.6 Å². The minimum Gasteiger partial charge on any atom is -0.171 e. The standard InChI is InChI=1S/C8H21ClSi2/c1-6-10(4,5)11(9,7-2)8-3/h6-8H2,1-5H3. The molecule has 0 N–H and O–H groups in total. The van der Waals surface area contributed by atoms with Crippen LogP contribution in [-0.2, 0) is 0 Å². The molecule has 11 heavy (non-hydrogen) atoms. The predicted molar refractivity (Wildman–Crippen MR) is 60.5 cm³/mol. The van der Waals surface area contributed by atoms with Gasteiger partial charge in [0.15, 0.2) is 0 Å². The molecule has 0 aliphatic rings. The highest BCUT2D eigenvalue weighted by atomic mass is 35.6. The van der Waals surface area contributed by atoms with Crippen LogP contribution in [0.2, 0.25) is 31.2 Å². The second kappa shape index (κ2) is 4.10. The summed E-state index contributed by atoms with van der Waals surface area (Å²) >= 11 is 6.70. The van der Waals surface area contributed by atoms with Gasteiger partial charge in [-0.3, -0.25) is 0 Å². The predicted octanol–water partition coefficient (Wildman–Crippen LogP) is 4.02. The van der Waals surface area contributed by atoms with Crippen LogP contribution < -0.4 is 0 Å². The maximum atomic E-state index is 6.70. The number of rotatable bonds is 4. The third-order valence-electron chi connectivity index (χ3n) is 3.22. The lowest BCUT2D eigenvalue weighted by atomic mass is 11.0. The Morgan fingerprint density at radius 1 is 0.909 bits per heavy atom. The van der Waals surface area contributed by atoms with Crippen LogP contribution in [0, 0.1) is 0 Å².